The van der Waals surface area contributed by atoms with E-state index in [0.717, 1.165) is 5.69 Å². The Kier molecular flexibility index (Phi) is 3.69. The van der Waals surface area contributed by atoms with E-state index in [1.54, 1.807) is 25.5 Å². The van der Waals surface area contributed by atoms with E-state index in [1.807, 2.05) is 30.3 Å². The number of aromatic nitrogens is 3. The Labute approximate surface area is 134 Å². The minimum Gasteiger partial charge on any atom is -0.360 e. The van der Waals surface area contributed by atoms with Gasteiger partial charge in [-0.25, -0.2) is 13.1 Å². The van der Waals surface area contributed by atoms with Crippen LogP contribution in [-0.2, 0) is 10.0 Å². The fraction of sp³-hybridized carbons (Fsp3) is 0.200. The molecule has 120 valence electrons. The first kappa shape index (κ1) is 15.3. The van der Waals surface area contributed by atoms with Gasteiger partial charge in [-0.05, 0) is 32.9 Å². The highest BCUT2D eigenvalue weighted by Crippen LogP contribution is 2.24. The predicted octanol–water partition coefficient (Wildman–Crippen LogP) is 2.59. The molecule has 0 amide bonds. The molecular formula is C15H16N4O3S. The molecule has 0 saturated carbocycles. The van der Waals surface area contributed by atoms with Crippen molar-refractivity contribution in [2.45, 2.75) is 25.7 Å². The second-order valence-corrected chi connectivity index (χ2v) is 6.79. The van der Waals surface area contributed by atoms with Crippen LogP contribution in [0, 0.1) is 20.8 Å². The molecule has 0 aliphatic carbocycles. The van der Waals surface area contributed by atoms with Crippen LogP contribution in [0.5, 0.6) is 0 Å². The number of anilines is 1. The first-order valence-electron chi connectivity index (χ1n) is 6.96. The van der Waals surface area contributed by atoms with Gasteiger partial charge in [0, 0.05) is 6.07 Å². The first-order valence-corrected chi connectivity index (χ1v) is 8.44. The zero-order valence-electron chi connectivity index (χ0n) is 12.9. The van der Waals surface area contributed by atoms with Crippen molar-refractivity contribution in [3.05, 3.63) is 53.5 Å². The average molecular weight is 332 g/mol. The van der Waals surface area contributed by atoms with Gasteiger partial charge >= 0.3 is 0 Å². The number of hydrogen-bond acceptors (Lipinski definition) is 5. The van der Waals surface area contributed by atoms with Crippen molar-refractivity contribution in [3.8, 4) is 5.69 Å². The van der Waals surface area contributed by atoms with Gasteiger partial charge in [0.1, 0.15) is 10.7 Å². The van der Waals surface area contributed by atoms with Crippen molar-refractivity contribution in [1.29, 1.82) is 0 Å². The van der Waals surface area contributed by atoms with E-state index in [2.05, 4.69) is 15.0 Å². The molecule has 0 atom stereocenters. The van der Waals surface area contributed by atoms with Gasteiger partial charge in [-0.15, -0.1) is 0 Å². The Hall–Kier alpha value is -2.61. The summed E-state index contributed by atoms with van der Waals surface area (Å²) in [5, 5.41) is 8.01. The summed E-state index contributed by atoms with van der Waals surface area (Å²) in [5.41, 5.74) is 1.74. The fourth-order valence-electron chi connectivity index (χ4n) is 2.44. The SMILES string of the molecule is Cc1cc(NS(=O)(=O)c2c(C)nn(-c3ccccc3)c2C)no1. The largest absolute Gasteiger partial charge is 0.360 e. The molecule has 0 saturated heterocycles. The van der Waals surface area contributed by atoms with Crippen LogP contribution in [0.3, 0.4) is 0 Å². The molecule has 1 aromatic carbocycles. The molecule has 0 fully saturated rings. The lowest BCUT2D eigenvalue weighted by Crippen LogP contribution is -2.15. The maximum Gasteiger partial charge on any atom is 0.266 e. The van der Waals surface area contributed by atoms with Crippen molar-refractivity contribution >= 4 is 15.8 Å². The maximum atomic E-state index is 12.7. The van der Waals surface area contributed by atoms with E-state index in [-0.39, 0.29) is 10.7 Å². The molecule has 2 aromatic heterocycles. The number of nitrogens with one attached hydrogen (secondary N) is 1. The van der Waals surface area contributed by atoms with Gasteiger partial charge in [-0.1, -0.05) is 23.4 Å². The summed E-state index contributed by atoms with van der Waals surface area (Å²) in [6.45, 7) is 5.07. The van der Waals surface area contributed by atoms with Gasteiger partial charge in [-0.2, -0.15) is 5.10 Å². The number of hydrogen-bond donors (Lipinski definition) is 1. The van der Waals surface area contributed by atoms with Crippen LogP contribution in [0.4, 0.5) is 5.82 Å². The fourth-order valence-corrected chi connectivity index (χ4v) is 3.82. The number of rotatable bonds is 4. The molecule has 3 aromatic rings. The number of para-hydroxylation sites is 1. The molecule has 0 aliphatic rings. The van der Waals surface area contributed by atoms with E-state index in [4.69, 9.17) is 4.52 Å². The van der Waals surface area contributed by atoms with Gasteiger partial charge in [0.25, 0.3) is 10.0 Å². The summed E-state index contributed by atoms with van der Waals surface area (Å²) in [5.74, 6) is 0.671. The summed E-state index contributed by atoms with van der Waals surface area (Å²) >= 11 is 0. The van der Waals surface area contributed by atoms with E-state index in [0.29, 0.717) is 17.1 Å². The zero-order valence-corrected chi connectivity index (χ0v) is 13.8. The van der Waals surface area contributed by atoms with Crippen molar-refractivity contribution in [1.82, 2.24) is 14.9 Å². The van der Waals surface area contributed by atoms with Crippen LogP contribution in [0.25, 0.3) is 5.69 Å². The standard InChI is InChI=1S/C15H16N4O3S/c1-10-9-14(17-22-10)18-23(20,21)15-11(2)16-19(12(15)3)13-7-5-4-6-8-13/h4-9H,1-3H3,(H,17,18). The molecule has 8 heteroatoms. The van der Waals surface area contributed by atoms with Crippen molar-refractivity contribution < 1.29 is 12.9 Å². The Morgan fingerprint density at radius 2 is 1.83 bits per heavy atom. The Morgan fingerprint density at radius 3 is 2.43 bits per heavy atom. The second-order valence-electron chi connectivity index (χ2n) is 5.18. The van der Waals surface area contributed by atoms with E-state index < -0.39 is 10.0 Å². The third-order valence-electron chi connectivity index (χ3n) is 3.36. The third kappa shape index (κ3) is 2.85. The quantitative estimate of drug-likeness (QED) is 0.793. The lowest BCUT2D eigenvalue weighted by molar-refractivity contribution is 0.400. The number of nitrogens with zero attached hydrogens (tertiary/aromatic N) is 3. The third-order valence-corrected chi connectivity index (χ3v) is 4.97. The summed E-state index contributed by atoms with van der Waals surface area (Å²) in [4.78, 5) is 0.141. The number of sulfonamides is 1. The monoisotopic (exact) mass is 332 g/mol. The molecule has 0 spiro atoms. The van der Waals surface area contributed by atoms with Gasteiger partial charge in [0.05, 0.1) is 17.1 Å². The normalized spacial score (nSPS) is 11.6. The van der Waals surface area contributed by atoms with Crippen molar-refractivity contribution in [2.75, 3.05) is 4.72 Å². The average Bonchev–Trinajstić information content (AvgIpc) is 3.02. The van der Waals surface area contributed by atoms with Crippen molar-refractivity contribution in [2.24, 2.45) is 0 Å². The lowest BCUT2D eigenvalue weighted by atomic mass is 10.3. The van der Waals surface area contributed by atoms with Crippen molar-refractivity contribution in [3.63, 3.8) is 0 Å². The van der Waals surface area contributed by atoms with Gasteiger partial charge < -0.3 is 4.52 Å². The second kappa shape index (κ2) is 5.54. The van der Waals surface area contributed by atoms with Gasteiger partial charge in [0.2, 0.25) is 0 Å². The highest BCUT2D eigenvalue weighted by atomic mass is 32.2. The summed E-state index contributed by atoms with van der Waals surface area (Å²) in [6.07, 6.45) is 0. The van der Waals surface area contributed by atoms with Crippen LogP contribution in [0.15, 0.2) is 45.8 Å². The number of benzene rings is 1. The van der Waals surface area contributed by atoms with E-state index in [1.165, 1.54) is 6.07 Å². The van der Waals surface area contributed by atoms with Gasteiger partial charge in [-0.3, -0.25) is 4.72 Å². The maximum absolute atomic E-state index is 12.7. The molecule has 0 bridgehead atoms. The molecule has 0 radical (unpaired) electrons. The molecule has 1 N–H and O–H groups in total. The van der Waals surface area contributed by atoms with E-state index >= 15 is 0 Å². The first-order chi connectivity index (χ1) is 10.9. The topological polar surface area (TPSA) is 90.0 Å². The Morgan fingerprint density at radius 1 is 1.13 bits per heavy atom. The molecule has 0 aliphatic heterocycles. The van der Waals surface area contributed by atoms with E-state index in [9.17, 15) is 8.42 Å². The van der Waals surface area contributed by atoms with Crippen LogP contribution in [-0.4, -0.2) is 23.4 Å². The number of aryl methyl sites for hydroxylation is 2. The molecule has 23 heavy (non-hydrogen) atoms. The van der Waals surface area contributed by atoms with Crippen LogP contribution in [0.1, 0.15) is 17.1 Å². The summed E-state index contributed by atoms with van der Waals surface area (Å²) in [6, 6.07) is 10.9. The molecular weight excluding hydrogens is 316 g/mol. The van der Waals surface area contributed by atoms with Crippen LogP contribution in [0.2, 0.25) is 0 Å². The van der Waals surface area contributed by atoms with Crippen LogP contribution >= 0.6 is 0 Å². The smallest absolute Gasteiger partial charge is 0.266 e. The molecule has 3 rings (SSSR count). The minimum atomic E-state index is -3.80. The highest BCUT2D eigenvalue weighted by molar-refractivity contribution is 7.92. The Bertz CT molecular complexity index is 943. The van der Waals surface area contributed by atoms with Crippen LogP contribution < -0.4 is 4.72 Å². The Balaban J connectivity index is 2.04. The summed E-state index contributed by atoms with van der Waals surface area (Å²) in [7, 11) is -3.80. The minimum absolute atomic E-state index is 0.141. The lowest BCUT2D eigenvalue weighted by Gasteiger charge is -2.06. The predicted molar refractivity (Wildman–Crippen MR) is 85.1 cm³/mol. The summed E-state index contributed by atoms with van der Waals surface area (Å²) < 4.78 is 34.2. The molecule has 2 heterocycles. The zero-order chi connectivity index (χ0) is 16.6. The highest BCUT2D eigenvalue weighted by Gasteiger charge is 2.26. The van der Waals surface area contributed by atoms with Gasteiger partial charge in [0.15, 0.2) is 5.82 Å². The molecule has 7 nitrogen and oxygen atoms in total. The molecule has 0 unspecified atom stereocenters.